The predicted molar refractivity (Wildman–Crippen MR) is 79.0 cm³/mol. The lowest BCUT2D eigenvalue weighted by molar-refractivity contribution is 0.102. The fourth-order valence-corrected chi connectivity index (χ4v) is 2.10. The molecule has 1 N–H and O–H groups in total. The molecule has 1 aromatic heterocycles. The van der Waals surface area contributed by atoms with Crippen molar-refractivity contribution in [1.29, 1.82) is 0 Å². The molecule has 0 aliphatic carbocycles. The molecule has 0 aliphatic heterocycles. The molecule has 0 atom stereocenters. The molecule has 0 bridgehead atoms. The topological polar surface area (TPSA) is 73.1 Å². The van der Waals surface area contributed by atoms with Crippen molar-refractivity contribution < 1.29 is 4.79 Å². The van der Waals surface area contributed by atoms with Crippen LogP contribution >= 0.6 is 15.9 Å². The van der Waals surface area contributed by atoms with Gasteiger partial charge < -0.3 is 9.88 Å². The van der Waals surface area contributed by atoms with Crippen molar-refractivity contribution in [3.05, 3.63) is 61.3 Å². The number of nitrogens with zero attached hydrogens (tertiary/aromatic N) is 2. The smallest absolute Gasteiger partial charge is 0.321 e. The minimum Gasteiger partial charge on any atom is -0.321 e. The van der Waals surface area contributed by atoms with E-state index >= 15 is 0 Å². The first kappa shape index (κ1) is 14.3. The third-order valence-corrected chi connectivity index (χ3v) is 3.50. The summed E-state index contributed by atoms with van der Waals surface area (Å²) < 4.78 is 2.79. The molecule has 6 nitrogen and oxygen atoms in total. The summed E-state index contributed by atoms with van der Waals surface area (Å²) >= 11 is 3.30. The van der Waals surface area contributed by atoms with Gasteiger partial charge in [0.1, 0.15) is 5.56 Å². The highest BCUT2D eigenvalue weighted by Crippen LogP contribution is 2.21. The molecule has 0 spiro atoms. The SMILES string of the molecule is Cn1cc(C(=O)Nc2ccccc2Br)c(=O)n(C)c1=O. The number of benzene rings is 1. The van der Waals surface area contributed by atoms with E-state index in [0.717, 1.165) is 4.57 Å². The molecule has 7 heteroatoms. The van der Waals surface area contributed by atoms with Crippen LogP contribution in [-0.2, 0) is 14.1 Å². The van der Waals surface area contributed by atoms with Crippen LogP contribution in [0, 0.1) is 0 Å². The van der Waals surface area contributed by atoms with Gasteiger partial charge in [-0.3, -0.25) is 14.2 Å². The maximum atomic E-state index is 12.1. The Balaban J connectivity index is 2.43. The number of anilines is 1. The van der Waals surface area contributed by atoms with Gasteiger partial charge in [0.2, 0.25) is 0 Å². The van der Waals surface area contributed by atoms with Crippen molar-refractivity contribution in [2.45, 2.75) is 0 Å². The molecular formula is C13H12BrN3O3. The standard InChI is InChI=1S/C13H12BrN3O3/c1-16-7-8(12(19)17(2)13(16)20)11(18)15-10-6-4-3-5-9(10)14/h3-7H,1-2H3,(H,15,18). The van der Waals surface area contributed by atoms with Crippen molar-refractivity contribution in [2.75, 3.05) is 5.32 Å². The quantitative estimate of drug-likeness (QED) is 0.891. The first-order valence-corrected chi connectivity index (χ1v) is 6.53. The zero-order chi connectivity index (χ0) is 14.9. The minimum atomic E-state index is -0.627. The Labute approximate surface area is 122 Å². The van der Waals surface area contributed by atoms with E-state index in [1.165, 1.54) is 24.9 Å². The lowest BCUT2D eigenvalue weighted by atomic mass is 10.2. The average Bonchev–Trinajstić information content (AvgIpc) is 2.43. The van der Waals surface area contributed by atoms with Crippen molar-refractivity contribution in [3.8, 4) is 0 Å². The summed E-state index contributed by atoms with van der Waals surface area (Å²) in [7, 11) is 2.82. The number of amides is 1. The normalized spacial score (nSPS) is 10.3. The molecule has 1 heterocycles. The third kappa shape index (κ3) is 2.57. The van der Waals surface area contributed by atoms with Gasteiger partial charge in [-0.05, 0) is 28.1 Å². The van der Waals surface area contributed by atoms with Crippen LogP contribution in [0.2, 0.25) is 0 Å². The summed E-state index contributed by atoms with van der Waals surface area (Å²) in [6, 6.07) is 7.05. The number of halogens is 1. The summed E-state index contributed by atoms with van der Waals surface area (Å²) in [5, 5.41) is 2.63. The van der Waals surface area contributed by atoms with Crippen molar-refractivity contribution in [1.82, 2.24) is 9.13 Å². The maximum Gasteiger partial charge on any atom is 0.330 e. The van der Waals surface area contributed by atoms with Crippen LogP contribution in [0.4, 0.5) is 5.69 Å². The Bertz CT molecular complexity index is 792. The van der Waals surface area contributed by atoms with E-state index in [0.29, 0.717) is 10.2 Å². The van der Waals surface area contributed by atoms with Gasteiger partial charge in [0.05, 0.1) is 5.69 Å². The van der Waals surface area contributed by atoms with Crippen molar-refractivity contribution in [3.63, 3.8) is 0 Å². The van der Waals surface area contributed by atoms with E-state index in [1.54, 1.807) is 18.2 Å². The van der Waals surface area contributed by atoms with Gasteiger partial charge in [0, 0.05) is 24.8 Å². The van der Waals surface area contributed by atoms with Crippen LogP contribution in [0.5, 0.6) is 0 Å². The molecule has 0 fully saturated rings. The molecule has 0 saturated carbocycles. The van der Waals surface area contributed by atoms with E-state index in [2.05, 4.69) is 21.2 Å². The van der Waals surface area contributed by atoms with Gasteiger partial charge in [-0.1, -0.05) is 12.1 Å². The monoisotopic (exact) mass is 337 g/mol. The average molecular weight is 338 g/mol. The van der Waals surface area contributed by atoms with Gasteiger partial charge >= 0.3 is 5.69 Å². The van der Waals surface area contributed by atoms with Crippen LogP contribution in [0.15, 0.2) is 44.5 Å². The molecule has 0 saturated heterocycles. The molecule has 2 rings (SSSR count). The predicted octanol–water partition coefficient (Wildman–Crippen LogP) is 1.10. The van der Waals surface area contributed by atoms with Crippen LogP contribution < -0.4 is 16.6 Å². The van der Waals surface area contributed by atoms with Crippen LogP contribution in [0.3, 0.4) is 0 Å². The fourth-order valence-electron chi connectivity index (χ4n) is 1.72. The van der Waals surface area contributed by atoms with Gasteiger partial charge in [-0.25, -0.2) is 4.79 Å². The number of aryl methyl sites for hydroxylation is 1. The molecule has 1 aromatic carbocycles. The number of hydrogen-bond acceptors (Lipinski definition) is 3. The first-order chi connectivity index (χ1) is 9.41. The Morgan fingerprint density at radius 1 is 1.20 bits per heavy atom. The number of hydrogen-bond donors (Lipinski definition) is 1. The molecule has 1 amide bonds. The molecular weight excluding hydrogens is 326 g/mol. The highest BCUT2D eigenvalue weighted by molar-refractivity contribution is 9.10. The first-order valence-electron chi connectivity index (χ1n) is 5.74. The summed E-state index contributed by atoms with van der Waals surface area (Å²) in [6.45, 7) is 0. The van der Waals surface area contributed by atoms with Gasteiger partial charge in [0.15, 0.2) is 0 Å². The summed E-state index contributed by atoms with van der Waals surface area (Å²) in [5.41, 5.74) is -0.649. The molecule has 20 heavy (non-hydrogen) atoms. The molecule has 0 aliphatic rings. The second-order valence-electron chi connectivity index (χ2n) is 4.23. The number of aromatic nitrogens is 2. The number of carbonyl (C=O) groups is 1. The number of para-hydroxylation sites is 1. The fraction of sp³-hybridized carbons (Fsp3) is 0.154. The minimum absolute atomic E-state index is 0.0923. The van der Waals surface area contributed by atoms with E-state index in [4.69, 9.17) is 0 Å². The summed E-state index contributed by atoms with van der Waals surface area (Å²) in [4.78, 5) is 35.6. The highest BCUT2D eigenvalue weighted by atomic mass is 79.9. The van der Waals surface area contributed by atoms with Crippen LogP contribution in [0.1, 0.15) is 10.4 Å². The van der Waals surface area contributed by atoms with E-state index in [-0.39, 0.29) is 5.56 Å². The number of nitrogens with one attached hydrogen (secondary N) is 1. The Hall–Kier alpha value is -2.15. The van der Waals surface area contributed by atoms with Crippen LogP contribution in [0.25, 0.3) is 0 Å². The highest BCUT2D eigenvalue weighted by Gasteiger charge is 2.15. The number of carbonyl (C=O) groups excluding carboxylic acids is 1. The molecule has 0 unspecified atom stereocenters. The van der Waals surface area contributed by atoms with Crippen LogP contribution in [-0.4, -0.2) is 15.0 Å². The zero-order valence-electron chi connectivity index (χ0n) is 10.9. The Morgan fingerprint density at radius 3 is 2.50 bits per heavy atom. The lowest BCUT2D eigenvalue weighted by Gasteiger charge is -2.09. The Kier molecular flexibility index (Phi) is 3.89. The Morgan fingerprint density at radius 2 is 1.85 bits per heavy atom. The van der Waals surface area contributed by atoms with Crippen molar-refractivity contribution in [2.24, 2.45) is 14.1 Å². The second-order valence-corrected chi connectivity index (χ2v) is 5.09. The van der Waals surface area contributed by atoms with E-state index < -0.39 is 17.2 Å². The molecule has 2 aromatic rings. The summed E-state index contributed by atoms with van der Waals surface area (Å²) in [6.07, 6.45) is 1.23. The van der Waals surface area contributed by atoms with E-state index in [9.17, 15) is 14.4 Å². The van der Waals surface area contributed by atoms with Gasteiger partial charge in [-0.15, -0.1) is 0 Å². The maximum absolute atomic E-state index is 12.1. The lowest BCUT2D eigenvalue weighted by Crippen LogP contribution is -2.40. The molecule has 0 radical (unpaired) electrons. The van der Waals surface area contributed by atoms with Gasteiger partial charge in [0.25, 0.3) is 11.5 Å². The molecule has 104 valence electrons. The van der Waals surface area contributed by atoms with E-state index in [1.807, 2.05) is 6.07 Å². The van der Waals surface area contributed by atoms with Gasteiger partial charge in [-0.2, -0.15) is 0 Å². The largest absolute Gasteiger partial charge is 0.330 e. The zero-order valence-corrected chi connectivity index (χ0v) is 12.5. The second kappa shape index (κ2) is 5.46. The third-order valence-electron chi connectivity index (χ3n) is 2.81. The van der Waals surface area contributed by atoms with Crippen molar-refractivity contribution >= 4 is 27.5 Å². The number of rotatable bonds is 2. The summed E-state index contributed by atoms with van der Waals surface area (Å²) in [5.74, 6) is -0.562.